The minimum Gasteiger partial charge on any atom is -0.395 e. The van der Waals surface area contributed by atoms with Crippen LogP contribution in [-0.2, 0) is 17.1 Å². The lowest BCUT2D eigenvalue weighted by Gasteiger charge is -2.12. The number of aromatic nitrogens is 1. The number of rotatable bonds is 5. The summed E-state index contributed by atoms with van der Waals surface area (Å²) in [6.45, 7) is -0.884. The highest BCUT2D eigenvalue weighted by Crippen LogP contribution is 2.08. The van der Waals surface area contributed by atoms with Crippen molar-refractivity contribution in [3.63, 3.8) is 0 Å². The summed E-state index contributed by atoms with van der Waals surface area (Å²) >= 11 is 0. The molecule has 86 valence electrons. The molecule has 1 rings (SSSR count). The molecule has 1 aromatic rings. The summed E-state index contributed by atoms with van der Waals surface area (Å²) in [5.74, 6) is 0. The Morgan fingerprint density at radius 2 is 2.07 bits per heavy atom. The van der Waals surface area contributed by atoms with Crippen molar-refractivity contribution >= 4 is 10.0 Å². The Kier molecular flexibility index (Phi) is 3.86. The van der Waals surface area contributed by atoms with Crippen molar-refractivity contribution < 1.29 is 18.6 Å². The molecular weight excluding hydrogens is 220 g/mol. The number of aliphatic hydroxyl groups is 2. The zero-order valence-corrected chi connectivity index (χ0v) is 9.11. The fourth-order valence-corrected chi connectivity index (χ4v) is 2.33. The van der Waals surface area contributed by atoms with Crippen LogP contribution in [0.3, 0.4) is 0 Å². The van der Waals surface area contributed by atoms with E-state index in [0.717, 1.165) is 0 Å². The van der Waals surface area contributed by atoms with Crippen LogP contribution in [0, 0.1) is 0 Å². The predicted molar refractivity (Wildman–Crippen MR) is 53.7 cm³/mol. The van der Waals surface area contributed by atoms with Crippen molar-refractivity contribution in [2.75, 3.05) is 13.2 Å². The number of hydrogen-bond donors (Lipinski definition) is 3. The molecular formula is C8H14N2O4S. The van der Waals surface area contributed by atoms with E-state index in [0.29, 0.717) is 0 Å². The Balaban J connectivity index is 2.84. The monoisotopic (exact) mass is 234 g/mol. The largest absolute Gasteiger partial charge is 0.395 e. The van der Waals surface area contributed by atoms with Crippen molar-refractivity contribution in [3.8, 4) is 0 Å². The van der Waals surface area contributed by atoms with Gasteiger partial charge in [-0.05, 0) is 6.07 Å². The lowest BCUT2D eigenvalue weighted by atomic mass is 10.4. The highest BCUT2D eigenvalue weighted by molar-refractivity contribution is 7.89. The number of aryl methyl sites for hydroxylation is 1. The molecule has 6 nitrogen and oxygen atoms in total. The van der Waals surface area contributed by atoms with Gasteiger partial charge in [-0.2, -0.15) is 0 Å². The van der Waals surface area contributed by atoms with Gasteiger partial charge in [-0.15, -0.1) is 0 Å². The molecule has 0 saturated carbocycles. The van der Waals surface area contributed by atoms with Gasteiger partial charge in [-0.1, -0.05) is 0 Å². The molecule has 7 heteroatoms. The average molecular weight is 234 g/mol. The maximum absolute atomic E-state index is 11.6. The van der Waals surface area contributed by atoms with Gasteiger partial charge in [-0.25, -0.2) is 13.1 Å². The first-order valence-electron chi connectivity index (χ1n) is 4.35. The van der Waals surface area contributed by atoms with Gasteiger partial charge in [0.1, 0.15) is 0 Å². The first kappa shape index (κ1) is 12.2. The lowest BCUT2D eigenvalue weighted by molar-refractivity contribution is 0.185. The van der Waals surface area contributed by atoms with Crippen LogP contribution < -0.4 is 4.72 Å². The highest BCUT2D eigenvalue weighted by Gasteiger charge is 2.19. The highest BCUT2D eigenvalue weighted by atomic mass is 32.2. The fraction of sp³-hybridized carbons (Fsp3) is 0.500. The summed E-state index contributed by atoms with van der Waals surface area (Å²) < 4.78 is 27.0. The van der Waals surface area contributed by atoms with Gasteiger partial charge >= 0.3 is 0 Å². The third-order valence-electron chi connectivity index (χ3n) is 1.88. The van der Waals surface area contributed by atoms with E-state index in [1.54, 1.807) is 17.8 Å². The molecule has 1 aromatic heterocycles. The van der Waals surface area contributed by atoms with Crippen molar-refractivity contribution in [3.05, 3.63) is 18.5 Å². The number of nitrogens with one attached hydrogen (secondary N) is 1. The van der Waals surface area contributed by atoms with E-state index in [1.807, 2.05) is 0 Å². The number of sulfonamides is 1. The molecule has 0 atom stereocenters. The van der Waals surface area contributed by atoms with Crippen LogP contribution in [0.4, 0.5) is 0 Å². The van der Waals surface area contributed by atoms with Crippen molar-refractivity contribution in [1.29, 1.82) is 0 Å². The first-order chi connectivity index (χ1) is 6.99. The molecule has 3 N–H and O–H groups in total. The third-order valence-corrected chi connectivity index (χ3v) is 3.38. The molecule has 0 amide bonds. The average Bonchev–Trinajstić information content (AvgIpc) is 2.62. The lowest BCUT2D eigenvalue weighted by Crippen LogP contribution is -2.39. The molecule has 0 radical (unpaired) electrons. The summed E-state index contributed by atoms with van der Waals surface area (Å²) in [6, 6.07) is 0.573. The Morgan fingerprint density at radius 1 is 1.47 bits per heavy atom. The maximum Gasteiger partial charge on any atom is 0.242 e. The summed E-state index contributed by atoms with van der Waals surface area (Å²) in [7, 11) is -1.95. The Bertz CT molecular complexity index is 408. The summed E-state index contributed by atoms with van der Waals surface area (Å²) in [4.78, 5) is 0.108. The summed E-state index contributed by atoms with van der Waals surface area (Å²) in [5.41, 5.74) is 0. The van der Waals surface area contributed by atoms with Crippen LogP contribution in [0.15, 0.2) is 23.4 Å². The minimum atomic E-state index is -3.65. The molecule has 15 heavy (non-hydrogen) atoms. The van der Waals surface area contributed by atoms with Gasteiger partial charge < -0.3 is 14.8 Å². The zero-order valence-electron chi connectivity index (χ0n) is 8.29. The Labute approximate surface area is 88.2 Å². The van der Waals surface area contributed by atoms with Gasteiger partial charge in [0.25, 0.3) is 0 Å². The molecule has 0 bridgehead atoms. The van der Waals surface area contributed by atoms with Crippen molar-refractivity contribution in [2.24, 2.45) is 7.05 Å². The van der Waals surface area contributed by atoms with Gasteiger partial charge in [0.2, 0.25) is 10.0 Å². The normalized spacial score (nSPS) is 12.3. The molecule has 0 spiro atoms. The van der Waals surface area contributed by atoms with Crippen LogP contribution in [0.5, 0.6) is 0 Å². The topological polar surface area (TPSA) is 91.6 Å². The van der Waals surface area contributed by atoms with Crippen LogP contribution in [0.25, 0.3) is 0 Å². The quantitative estimate of drug-likeness (QED) is 0.588. The second-order valence-electron chi connectivity index (χ2n) is 3.20. The predicted octanol–water partition coefficient (Wildman–Crippen LogP) is -1.34. The van der Waals surface area contributed by atoms with Gasteiger partial charge in [-0.3, -0.25) is 0 Å². The second-order valence-corrected chi connectivity index (χ2v) is 4.91. The molecule has 0 saturated heterocycles. The molecule has 1 heterocycles. The smallest absolute Gasteiger partial charge is 0.242 e. The third kappa shape index (κ3) is 3.03. The van der Waals surface area contributed by atoms with Crippen LogP contribution >= 0.6 is 0 Å². The maximum atomic E-state index is 11.6. The van der Waals surface area contributed by atoms with Crippen molar-refractivity contribution in [1.82, 2.24) is 9.29 Å². The standard InChI is InChI=1S/C8H14N2O4S/c1-10-3-2-8(4-10)15(13,14)9-7(5-11)6-12/h2-4,7,9,11-12H,5-6H2,1H3. The van der Waals surface area contributed by atoms with E-state index in [1.165, 1.54) is 12.3 Å². The molecule has 0 aliphatic rings. The molecule has 0 aliphatic carbocycles. The van der Waals surface area contributed by atoms with E-state index in [2.05, 4.69) is 4.72 Å². The molecule has 0 aromatic carbocycles. The van der Waals surface area contributed by atoms with E-state index in [9.17, 15) is 8.42 Å². The molecule has 0 unspecified atom stereocenters. The summed E-state index contributed by atoms with van der Waals surface area (Å²) in [5, 5.41) is 17.5. The van der Waals surface area contributed by atoms with Crippen LogP contribution in [0.2, 0.25) is 0 Å². The van der Waals surface area contributed by atoms with Gasteiger partial charge in [0, 0.05) is 19.4 Å². The number of nitrogens with zero attached hydrogens (tertiary/aromatic N) is 1. The van der Waals surface area contributed by atoms with Crippen LogP contribution in [-0.4, -0.2) is 42.5 Å². The fourth-order valence-electron chi connectivity index (χ4n) is 1.06. The SMILES string of the molecule is Cn1ccc(S(=O)(=O)NC(CO)CO)c1. The number of hydrogen-bond acceptors (Lipinski definition) is 4. The first-order valence-corrected chi connectivity index (χ1v) is 5.84. The van der Waals surface area contributed by atoms with Gasteiger partial charge in [0.15, 0.2) is 0 Å². The van der Waals surface area contributed by atoms with Crippen molar-refractivity contribution in [2.45, 2.75) is 10.9 Å². The Morgan fingerprint density at radius 3 is 2.47 bits per heavy atom. The second kappa shape index (κ2) is 4.75. The molecule has 0 aliphatic heterocycles. The van der Waals surface area contributed by atoms with E-state index in [4.69, 9.17) is 10.2 Å². The van der Waals surface area contributed by atoms with Crippen LogP contribution in [0.1, 0.15) is 0 Å². The minimum absolute atomic E-state index is 0.108. The zero-order chi connectivity index (χ0) is 11.5. The molecule has 0 fully saturated rings. The van der Waals surface area contributed by atoms with Gasteiger partial charge in [0.05, 0.1) is 24.2 Å². The summed E-state index contributed by atoms with van der Waals surface area (Å²) in [6.07, 6.45) is 3.04. The Hall–Kier alpha value is -0.890. The van der Waals surface area contributed by atoms with E-state index < -0.39 is 29.3 Å². The number of aliphatic hydroxyl groups excluding tert-OH is 2. The van der Waals surface area contributed by atoms with E-state index >= 15 is 0 Å². The van der Waals surface area contributed by atoms with E-state index in [-0.39, 0.29) is 4.90 Å².